The molecule has 1 unspecified atom stereocenters. The van der Waals surface area contributed by atoms with E-state index in [9.17, 15) is 4.79 Å². The van der Waals surface area contributed by atoms with Gasteiger partial charge in [0.1, 0.15) is 0 Å². The van der Waals surface area contributed by atoms with Gasteiger partial charge in [-0.1, -0.05) is 6.92 Å². The maximum absolute atomic E-state index is 12.3. The van der Waals surface area contributed by atoms with E-state index < -0.39 is 0 Å². The van der Waals surface area contributed by atoms with Gasteiger partial charge >= 0.3 is 0 Å². The summed E-state index contributed by atoms with van der Waals surface area (Å²) < 4.78 is 7.07. The van der Waals surface area contributed by atoms with Gasteiger partial charge in [-0.05, 0) is 19.3 Å². The molecular weight excluding hydrogens is 204 g/mol. The molecule has 0 N–H and O–H groups in total. The van der Waals surface area contributed by atoms with Crippen LogP contribution < -0.4 is 0 Å². The number of carbonyl (C=O) groups is 1. The largest absolute Gasteiger partial charge is 0.381 e. The number of aryl methyl sites for hydroxylation is 2. The molecule has 4 nitrogen and oxygen atoms in total. The van der Waals surface area contributed by atoms with Gasteiger partial charge in [-0.3, -0.25) is 9.48 Å². The number of Topliss-reactive ketones (excluding diaryl/α,β-unsaturated/α-hetero) is 1. The van der Waals surface area contributed by atoms with Crippen LogP contribution in [0.25, 0.3) is 0 Å². The molecule has 1 atom stereocenters. The summed E-state index contributed by atoms with van der Waals surface area (Å²) >= 11 is 0. The molecule has 1 aliphatic heterocycles. The van der Waals surface area contributed by atoms with E-state index in [1.165, 1.54) is 0 Å². The van der Waals surface area contributed by atoms with Gasteiger partial charge in [0.2, 0.25) is 0 Å². The van der Waals surface area contributed by atoms with Crippen LogP contribution >= 0.6 is 0 Å². The second-order valence-corrected chi connectivity index (χ2v) is 4.30. The highest BCUT2D eigenvalue weighted by Gasteiger charge is 2.25. The van der Waals surface area contributed by atoms with Crippen molar-refractivity contribution in [1.82, 2.24) is 9.78 Å². The van der Waals surface area contributed by atoms with E-state index in [1.807, 2.05) is 20.2 Å². The van der Waals surface area contributed by atoms with E-state index in [1.54, 1.807) is 4.68 Å². The van der Waals surface area contributed by atoms with Crippen molar-refractivity contribution in [3.8, 4) is 0 Å². The fourth-order valence-corrected chi connectivity index (χ4v) is 2.17. The van der Waals surface area contributed by atoms with Crippen LogP contribution in [0.2, 0.25) is 0 Å². The molecule has 2 heterocycles. The number of aromatic nitrogens is 2. The van der Waals surface area contributed by atoms with Crippen LogP contribution in [0.4, 0.5) is 0 Å². The molecule has 0 aromatic carbocycles. The van der Waals surface area contributed by atoms with Gasteiger partial charge in [0.15, 0.2) is 5.78 Å². The van der Waals surface area contributed by atoms with Crippen molar-refractivity contribution in [3.05, 3.63) is 17.5 Å². The van der Waals surface area contributed by atoms with E-state index in [0.29, 0.717) is 6.61 Å². The van der Waals surface area contributed by atoms with Crippen molar-refractivity contribution < 1.29 is 9.53 Å². The average Bonchev–Trinajstić information content (AvgIpc) is 2.70. The number of hydrogen-bond donors (Lipinski definition) is 0. The Morgan fingerprint density at radius 3 is 3.12 bits per heavy atom. The van der Waals surface area contributed by atoms with Gasteiger partial charge in [0.05, 0.1) is 17.9 Å². The lowest BCUT2D eigenvalue weighted by Gasteiger charge is -2.20. The Morgan fingerprint density at radius 2 is 2.50 bits per heavy atom. The van der Waals surface area contributed by atoms with Crippen LogP contribution in [-0.4, -0.2) is 28.8 Å². The maximum Gasteiger partial charge on any atom is 0.171 e. The summed E-state index contributed by atoms with van der Waals surface area (Å²) in [6.07, 6.45) is 4.56. The zero-order chi connectivity index (χ0) is 11.5. The second-order valence-electron chi connectivity index (χ2n) is 4.30. The molecule has 0 spiro atoms. The van der Waals surface area contributed by atoms with Gasteiger partial charge in [0.25, 0.3) is 0 Å². The molecule has 2 rings (SSSR count). The van der Waals surface area contributed by atoms with Gasteiger partial charge in [0, 0.05) is 25.8 Å². The first-order chi connectivity index (χ1) is 7.72. The molecule has 88 valence electrons. The fraction of sp³-hybridized carbons (Fsp3) is 0.667. The predicted octanol–water partition coefficient (Wildman–Crippen LogP) is 1.59. The number of ether oxygens (including phenoxy) is 1. The molecular formula is C12H18N2O2. The summed E-state index contributed by atoms with van der Waals surface area (Å²) in [4.78, 5) is 12.3. The number of carbonyl (C=O) groups excluding carboxylic acids is 1. The molecule has 4 heteroatoms. The number of ketones is 1. The van der Waals surface area contributed by atoms with Crippen molar-refractivity contribution in [3.63, 3.8) is 0 Å². The SMILES string of the molecule is CCc1nn(C)cc1C(=O)C1CCCOC1. The fourth-order valence-electron chi connectivity index (χ4n) is 2.17. The van der Waals surface area contributed by atoms with Gasteiger partial charge in [-0.25, -0.2) is 0 Å². The second kappa shape index (κ2) is 4.78. The minimum absolute atomic E-state index is 0.0308. The van der Waals surface area contributed by atoms with Gasteiger partial charge < -0.3 is 4.74 Å². The molecule has 0 aliphatic carbocycles. The zero-order valence-corrected chi connectivity index (χ0v) is 9.90. The summed E-state index contributed by atoms with van der Waals surface area (Å²) in [5.74, 6) is 0.230. The van der Waals surface area contributed by atoms with Crippen LogP contribution in [0.5, 0.6) is 0 Å². The lowest BCUT2D eigenvalue weighted by Crippen LogP contribution is -2.25. The summed E-state index contributed by atoms with van der Waals surface area (Å²) in [5.41, 5.74) is 1.68. The van der Waals surface area contributed by atoms with E-state index >= 15 is 0 Å². The molecule has 1 aliphatic rings. The standard InChI is InChI=1S/C12H18N2O2/c1-3-11-10(7-14(2)13-11)12(15)9-5-4-6-16-8-9/h7,9H,3-6,8H2,1-2H3. The number of nitrogens with zero attached hydrogens (tertiary/aromatic N) is 2. The molecule has 16 heavy (non-hydrogen) atoms. The minimum Gasteiger partial charge on any atom is -0.381 e. The third-order valence-corrected chi connectivity index (χ3v) is 3.04. The van der Waals surface area contributed by atoms with E-state index in [4.69, 9.17) is 4.74 Å². The first-order valence-electron chi connectivity index (χ1n) is 5.87. The van der Waals surface area contributed by atoms with Crippen LogP contribution in [0.1, 0.15) is 35.8 Å². The van der Waals surface area contributed by atoms with Crippen LogP contribution in [0, 0.1) is 5.92 Å². The monoisotopic (exact) mass is 222 g/mol. The maximum atomic E-state index is 12.3. The van der Waals surface area contributed by atoms with Crippen LogP contribution in [0.3, 0.4) is 0 Å². The van der Waals surface area contributed by atoms with Crippen molar-refractivity contribution in [2.24, 2.45) is 13.0 Å². The Hall–Kier alpha value is -1.16. The molecule has 0 radical (unpaired) electrons. The molecule has 1 aromatic heterocycles. The predicted molar refractivity (Wildman–Crippen MR) is 60.5 cm³/mol. The van der Waals surface area contributed by atoms with Crippen LogP contribution in [-0.2, 0) is 18.2 Å². The zero-order valence-electron chi connectivity index (χ0n) is 9.90. The summed E-state index contributed by atoms with van der Waals surface area (Å²) in [5, 5.41) is 4.30. The third-order valence-electron chi connectivity index (χ3n) is 3.04. The quantitative estimate of drug-likeness (QED) is 0.729. The summed E-state index contributed by atoms with van der Waals surface area (Å²) in [6.45, 7) is 3.38. The lowest BCUT2D eigenvalue weighted by atomic mass is 9.92. The average molecular weight is 222 g/mol. The topological polar surface area (TPSA) is 44.1 Å². The Balaban J connectivity index is 2.18. The van der Waals surface area contributed by atoms with Crippen molar-refractivity contribution in [2.75, 3.05) is 13.2 Å². The Morgan fingerprint density at radius 1 is 1.69 bits per heavy atom. The highest BCUT2D eigenvalue weighted by Crippen LogP contribution is 2.20. The molecule has 0 bridgehead atoms. The van der Waals surface area contributed by atoms with E-state index in [0.717, 1.165) is 37.1 Å². The van der Waals surface area contributed by atoms with Crippen molar-refractivity contribution in [2.45, 2.75) is 26.2 Å². The molecule has 0 saturated carbocycles. The Bertz CT molecular complexity index is 378. The van der Waals surface area contributed by atoms with Crippen molar-refractivity contribution in [1.29, 1.82) is 0 Å². The Labute approximate surface area is 95.6 Å². The summed E-state index contributed by atoms with van der Waals surface area (Å²) in [7, 11) is 1.85. The normalized spacial score (nSPS) is 21.0. The van der Waals surface area contributed by atoms with Gasteiger partial charge in [-0.2, -0.15) is 5.10 Å². The Kier molecular flexibility index (Phi) is 3.39. The van der Waals surface area contributed by atoms with Gasteiger partial charge in [-0.15, -0.1) is 0 Å². The first-order valence-corrected chi connectivity index (χ1v) is 5.87. The molecule has 1 aromatic rings. The molecule has 1 saturated heterocycles. The van der Waals surface area contributed by atoms with E-state index in [-0.39, 0.29) is 11.7 Å². The summed E-state index contributed by atoms with van der Waals surface area (Å²) in [6, 6.07) is 0. The molecule has 0 amide bonds. The number of rotatable bonds is 3. The highest BCUT2D eigenvalue weighted by molar-refractivity contribution is 5.98. The number of hydrogen-bond acceptors (Lipinski definition) is 3. The highest BCUT2D eigenvalue weighted by atomic mass is 16.5. The third kappa shape index (κ3) is 2.16. The van der Waals surface area contributed by atoms with E-state index in [2.05, 4.69) is 5.10 Å². The van der Waals surface area contributed by atoms with Crippen molar-refractivity contribution >= 4 is 5.78 Å². The smallest absolute Gasteiger partial charge is 0.171 e. The first kappa shape index (κ1) is 11.3. The molecule has 1 fully saturated rings. The minimum atomic E-state index is 0.0308. The van der Waals surface area contributed by atoms with Crippen LogP contribution in [0.15, 0.2) is 6.20 Å². The lowest BCUT2D eigenvalue weighted by molar-refractivity contribution is 0.0460.